The fourth-order valence-corrected chi connectivity index (χ4v) is 3.21. The van der Waals surface area contributed by atoms with Crippen LogP contribution in [0.5, 0.6) is 28.7 Å². The predicted octanol–water partition coefficient (Wildman–Crippen LogP) is 1.23. The van der Waals surface area contributed by atoms with Gasteiger partial charge in [-0.25, -0.2) is 0 Å². The van der Waals surface area contributed by atoms with Gasteiger partial charge in [0.15, 0.2) is 23.0 Å². The van der Waals surface area contributed by atoms with E-state index in [1.165, 1.54) is 27.2 Å². The van der Waals surface area contributed by atoms with E-state index in [0.29, 0.717) is 0 Å². The number of phenolic OH excluding ortho intramolecular Hbond substituents is 4. The maximum absolute atomic E-state index is 11.1. The Hall–Kier alpha value is -2.84. The van der Waals surface area contributed by atoms with Gasteiger partial charge in [0.05, 0.1) is 18.2 Å². The van der Waals surface area contributed by atoms with Crippen LogP contribution in [0.2, 0.25) is 0 Å². The molecular weight excluding hydrogens is 318 g/mol. The summed E-state index contributed by atoms with van der Waals surface area (Å²) in [7, 11) is 2.45. The summed E-state index contributed by atoms with van der Waals surface area (Å²) in [5, 5.41) is 52.0. The highest BCUT2D eigenvalue weighted by molar-refractivity contribution is 5.97. The van der Waals surface area contributed by atoms with E-state index >= 15 is 0 Å². The number of benzene rings is 2. The maximum atomic E-state index is 11.1. The Morgan fingerprint density at radius 2 is 1.58 bits per heavy atom. The Labute approximate surface area is 136 Å². The second kappa shape index (κ2) is 4.83. The zero-order valence-corrected chi connectivity index (χ0v) is 13.2. The number of nitrogen functional groups attached to an aromatic ring is 1. The van der Waals surface area contributed by atoms with E-state index in [2.05, 4.69) is 0 Å². The van der Waals surface area contributed by atoms with Gasteiger partial charge in [0.2, 0.25) is 5.79 Å². The number of nitrogens with two attached hydrogens (primary N) is 1. The maximum Gasteiger partial charge on any atom is 0.228 e. The van der Waals surface area contributed by atoms with Crippen LogP contribution in [0, 0.1) is 6.92 Å². The molecule has 2 aromatic rings. The fraction of sp³-hybridized carbons (Fsp3) is 0.250. The molecule has 1 atom stereocenters. The molecule has 24 heavy (non-hydrogen) atoms. The summed E-state index contributed by atoms with van der Waals surface area (Å²) in [5.41, 5.74) is 5.62. The van der Waals surface area contributed by atoms with Crippen molar-refractivity contribution in [1.82, 2.24) is 0 Å². The third-order valence-electron chi connectivity index (χ3n) is 4.38. The molecule has 1 unspecified atom stereocenters. The minimum Gasteiger partial charge on any atom is -0.507 e. The highest BCUT2D eigenvalue weighted by Gasteiger charge is 2.51. The molecule has 0 bridgehead atoms. The van der Waals surface area contributed by atoms with Gasteiger partial charge in [-0.3, -0.25) is 0 Å². The lowest BCUT2D eigenvalue weighted by molar-refractivity contribution is -0.158. The summed E-state index contributed by atoms with van der Waals surface area (Å²) in [5.74, 6) is -4.32. The lowest BCUT2D eigenvalue weighted by atomic mass is 9.98. The number of aromatic hydroxyl groups is 4. The molecule has 7 N–H and O–H groups in total. The molecule has 0 aromatic heterocycles. The largest absolute Gasteiger partial charge is 0.507 e. The van der Waals surface area contributed by atoms with Gasteiger partial charge < -0.3 is 40.7 Å². The zero-order chi connectivity index (χ0) is 18.0. The Kier molecular flexibility index (Phi) is 3.22. The van der Waals surface area contributed by atoms with E-state index < -0.39 is 23.0 Å². The van der Waals surface area contributed by atoms with Gasteiger partial charge in [-0.15, -0.1) is 0 Å². The fourth-order valence-electron chi connectivity index (χ4n) is 3.21. The predicted molar refractivity (Wildman–Crippen MR) is 84.2 cm³/mol. The van der Waals surface area contributed by atoms with Crippen molar-refractivity contribution in [1.29, 1.82) is 0 Å². The van der Waals surface area contributed by atoms with Crippen molar-refractivity contribution in [2.75, 3.05) is 20.0 Å². The quantitative estimate of drug-likeness (QED) is 0.208. The number of rotatable bonds is 2. The molecule has 8 nitrogen and oxygen atoms in total. The molecular formula is C16H17NO7. The molecule has 128 valence electrons. The molecule has 0 spiro atoms. The molecule has 8 heteroatoms. The topological polar surface area (TPSA) is 146 Å². The van der Waals surface area contributed by atoms with Crippen molar-refractivity contribution < 1.29 is 35.0 Å². The van der Waals surface area contributed by atoms with E-state index in [1.807, 2.05) is 0 Å². The zero-order valence-electron chi connectivity index (χ0n) is 13.2. The summed E-state index contributed by atoms with van der Waals surface area (Å²) in [6, 6.07) is 1.18. The molecule has 3 rings (SSSR count). The normalized spacial score (nSPS) is 18.3. The smallest absolute Gasteiger partial charge is 0.228 e. The summed E-state index contributed by atoms with van der Waals surface area (Å²) < 4.78 is 10.3. The highest BCUT2D eigenvalue weighted by Crippen LogP contribution is 2.63. The first-order chi connectivity index (χ1) is 11.2. The van der Waals surface area contributed by atoms with E-state index in [4.69, 9.17) is 15.2 Å². The number of anilines is 1. The number of hydrogen-bond acceptors (Lipinski definition) is 8. The van der Waals surface area contributed by atoms with Crippen LogP contribution >= 0.6 is 0 Å². The number of hydrogen-bond donors (Lipinski definition) is 6. The van der Waals surface area contributed by atoms with Crippen LogP contribution in [0.15, 0.2) is 6.07 Å². The number of methoxy groups -OCH3 is 2. The molecule has 0 aliphatic heterocycles. The standard InChI is InChI=1S/C16H17NO7/c1-5-12(19)10-9(14(21)13(5)20)8-6(17)4-7(18)15(23-2)11(8)16(10,22)24-3/h4,18-22H,17H2,1-3H3. The van der Waals surface area contributed by atoms with Crippen LogP contribution in [0.4, 0.5) is 5.69 Å². The molecule has 2 aromatic carbocycles. The SMILES string of the molecule is COc1c(O)cc(N)c2c1C(O)(OC)c1c(O)c(C)c(O)c(O)c1-2. The number of fused-ring (bicyclic) bond motifs is 3. The van der Waals surface area contributed by atoms with Crippen LogP contribution in [0.1, 0.15) is 16.7 Å². The van der Waals surface area contributed by atoms with Crippen molar-refractivity contribution in [3.05, 3.63) is 22.8 Å². The molecule has 1 aliphatic rings. The average molecular weight is 335 g/mol. The van der Waals surface area contributed by atoms with Gasteiger partial charge >= 0.3 is 0 Å². The van der Waals surface area contributed by atoms with E-state index in [1.54, 1.807) is 0 Å². The molecule has 0 amide bonds. The lowest BCUT2D eigenvalue weighted by Gasteiger charge is -2.26. The first-order valence-electron chi connectivity index (χ1n) is 6.96. The first kappa shape index (κ1) is 16.0. The third kappa shape index (κ3) is 1.64. The van der Waals surface area contributed by atoms with Gasteiger partial charge in [0.1, 0.15) is 5.75 Å². The summed E-state index contributed by atoms with van der Waals surface area (Å²) in [6.45, 7) is 1.36. The van der Waals surface area contributed by atoms with Gasteiger partial charge in [-0.05, 0) is 6.92 Å². The van der Waals surface area contributed by atoms with Crippen LogP contribution in [-0.2, 0) is 10.5 Å². The van der Waals surface area contributed by atoms with Crippen molar-refractivity contribution in [3.8, 4) is 39.9 Å². The highest BCUT2D eigenvalue weighted by atomic mass is 16.6. The Balaban J connectivity index is 2.61. The summed E-state index contributed by atoms with van der Waals surface area (Å²) in [4.78, 5) is 0. The molecule has 0 heterocycles. The second-order valence-electron chi connectivity index (χ2n) is 5.54. The van der Waals surface area contributed by atoms with Crippen molar-refractivity contribution in [2.45, 2.75) is 12.7 Å². The summed E-state index contributed by atoms with van der Waals surface area (Å²) in [6.07, 6.45) is 0. The lowest BCUT2D eigenvalue weighted by Crippen LogP contribution is -2.27. The van der Waals surface area contributed by atoms with E-state index in [0.717, 1.165) is 0 Å². The minimum atomic E-state index is -2.25. The van der Waals surface area contributed by atoms with Crippen LogP contribution in [0.3, 0.4) is 0 Å². The Morgan fingerprint density at radius 3 is 2.12 bits per heavy atom. The van der Waals surface area contributed by atoms with Crippen LogP contribution < -0.4 is 10.5 Å². The summed E-state index contributed by atoms with van der Waals surface area (Å²) >= 11 is 0. The minimum absolute atomic E-state index is 0.00419. The second-order valence-corrected chi connectivity index (χ2v) is 5.54. The molecule has 0 saturated carbocycles. The monoisotopic (exact) mass is 335 g/mol. The molecule has 0 radical (unpaired) electrons. The van der Waals surface area contributed by atoms with Gasteiger partial charge in [0.25, 0.3) is 0 Å². The number of aliphatic hydroxyl groups is 1. The van der Waals surface area contributed by atoms with Crippen molar-refractivity contribution in [2.24, 2.45) is 0 Å². The van der Waals surface area contributed by atoms with Gasteiger partial charge in [-0.2, -0.15) is 0 Å². The first-order valence-corrected chi connectivity index (χ1v) is 6.96. The molecule has 0 saturated heterocycles. The molecule has 0 fully saturated rings. The average Bonchev–Trinajstić information content (AvgIpc) is 2.82. The van der Waals surface area contributed by atoms with E-state index in [9.17, 15) is 25.5 Å². The van der Waals surface area contributed by atoms with Gasteiger partial charge in [0, 0.05) is 35.6 Å². The van der Waals surface area contributed by atoms with Crippen molar-refractivity contribution in [3.63, 3.8) is 0 Å². The van der Waals surface area contributed by atoms with Gasteiger partial charge in [-0.1, -0.05) is 0 Å². The third-order valence-corrected chi connectivity index (χ3v) is 4.38. The Bertz CT molecular complexity index is 878. The van der Waals surface area contributed by atoms with E-state index in [-0.39, 0.29) is 45.0 Å². The number of ether oxygens (including phenoxy) is 2. The molecule has 1 aliphatic carbocycles. The Morgan fingerprint density at radius 1 is 0.958 bits per heavy atom. The van der Waals surface area contributed by atoms with Crippen LogP contribution in [0.25, 0.3) is 11.1 Å². The number of phenols is 4. The van der Waals surface area contributed by atoms with Crippen molar-refractivity contribution >= 4 is 5.69 Å². The van der Waals surface area contributed by atoms with Crippen LogP contribution in [-0.4, -0.2) is 39.8 Å².